The summed E-state index contributed by atoms with van der Waals surface area (Å²) in [5.41, 5.74) is 0. The molecule has 9 heavy (non-hydrogen) atoms. The standard InChI is InChI=1S/C7H13ClF/c1-3-5-7(9)6(8)4-2/h6-7H,2-5H2,1H3. The van der Waals surface area contributed by atoms with E-state index in [-0.39, 0.29) is 5.38 Å². The molecule has 2 heteroatoms. The fraction of sp³-hybridized carbons (Fsp3) is 0.857. The van der Waals surface area contributed by atoms with Gasteiger partial charge in [-0.05, 0) is 12.8 Å². The molecule has 0 aliphatic carbocycles. The monoisotopic (exact) mass is 151 g/mol. The van der Waals surface area contributed by atoms with Crippen LogP contribution in [-0.4, -0.2) is 11.5 Å². The Labute approximate surface area is 61.4 Å². The maximum atomic E-state index is 12.6. The van der Waals surface area contributed by atoms with E-state index in [4.69, 9.17) is 11.6 Å². The molecular weight excluding hydrogens is 139 g/mol. The highest BCUT2D eigenvalue weighted by Crippen LogP contribution is 2.14. The van der Waals surface area contributed by atoms with Gasteiger partial charge >= 0.3 is 0 Å². The van der Waals surface area contributed by atoms with Gasteiger partial charge in [-0.2, -0.15) is 0 Å². The van der Waals surface area contributed by atoms with Crippen molar-refractivity contribution in [2.45, 2.75) is 37.7 Å². The summed E-state index contributed by atoms with van der Waals surface area (Å²) in [5, 5.41) is -0.384. The van der Waals surface area contributed by atoms with Crippen LogP contribution in [0, 0.1) is 6.92 Å². The van der Waals surface area contributed by atoms with E-state index in [1.807, 2.05) is 6.92 Å². The van der Waals surface area contributed by atoms with Crippen LogP contribution in [0.1, 0.15) is 26.2 Å². The lowest BCUT2D eigenvalue weighted by molar-refractivity contribution is 0.300. The van der Waals surface area contributed by atoms with Gasteiger partial charge in [0.25, 0.3) is 0 Å². The third kappa shape index (κ3) is 3.74. The molecular formula is C7H13ClF. The molecule has 55 valence electrons. The van der Waals surface area contributed by atoms with Gasteiger partial charge < -0.3 is 0 Å². The van der Waals surface area contributed by atoms with Crippen LogP contribution in [0.15, 0.2) is 0 Å². The molecule has 0 aromatic carbocycles. The molecule has 0 nitrogen and oxygen atoms in total. The predicted molar refractivity (Wildman–Crippen MR) is 39.4 cm³/mol. The molecule has 2 unspecified atom stereocenters. The van der Waals surface area contributed by atoms with Crippen molar-refractivity contribution < 1.29 is 4.39 Å². The molecule has 0 spiro atoms. The van der Waals surface area contributed by atoms with Crippen molar-refractivity contribution in [3.05, 3.63) is 6.92 Å². The highest BCUT2D eigenvalue weighted by Gasteiger charge is 2.14. The van der Waals surface area contributed by atoms with Crippen LogP contribution in [0.2, 0.25) is 0 Å². The van der Waals surface area contributed by atoms with Gasteiger partial charge in [0.05, 0.1) is 5.38 Å². The van der Waals surface area contributed by atoms with Crippen LogP contribution >= 0.6 is 11.6 Å². The second-order valence-corrected chi connectivity index (χ2v) is 2.67. The fourth-order valence-corrected chi connectivity index (χ4v) is 0.763. The van der Waals surface area contributed by atoms with Crippen molar-refractivity contribution in [1.29, 1.82) is 0 Å². The maximum Gasteiger partial charge on any atom is 0.116 e. The summed E-state index contributed by atoms with van der Waals surface area (Å²) in [6.07, 6.45) is 1.02. The smallest absolute Gasteiger partial charge is 0.116 e. The quantitative estimate of drug-likeness (QED) is 0.542. The minimum atomic E-state index is -0.867. The molecule has 0 saturated heterocycles. The molecule has 0 aliphatic heterocycles. The zero-order chi connectivity index (χ0) is 7.28. The largest absolute Gasteiger partial charge is 0.246 e. The first-order valence-electron chi connectivity index (χ1n) is 3.29. The molecule has 2 atom stereocenters. The van der Waals surface area contributed by atoms with Gasteiger partial charge in [0.15, 0.2) is 0 Å². The van der Waals surface area contributed by atoms with Crippen molar-refractivity contribution in [3.8, 4) is 0 Å². The van der Waals surface area contributed by atoms with Crippen LogP contribution in [0.5, 0.6) is 0 Å². The molecule has 0 aliphatic rings. The molecule has 0 saturated carbocycles. The summed E-state index contributed by atoms with van der Waals surface area (Å²) in [4.78, 5) is 0. The molecule has 0 N–H and O–H groups in total. The fourth-order valence-electron chi connectivity index (χ4n) is 0.637. The molecule has 0 aromatic heterocycles. The Morgan fingerprint density at radius 2 is 2.22 bits per heavy atom. The van der Waals surface area contributed by atoms with E-state index in [2.05, 4.69) is 6.92 Å². The highest BCUT2D eigenvalue weighted by atomic mass is 35.5. The van der Waals surface area contributed by atoms with Crippen LogP contribution in [0.25, 0.3) is 0 Å². The van der Waals surface area contributed by atoms with E-state index in [9.17, 15) is 4.39 Å². The first-order chi connectivity index (χ1) is 4.22. The molecule has 0 fully saturated rings. The van der Waals surface area contributed by atoms with E-state index in [1.54, 1.807) is 0 Å². The van der Waals surface area contributed by atoms with E-state index in [0.29, 0.717) is 12.8 Å². The van der Waals surface area contributed by atoms with Gasteiger partial charge in [0, 0.05) is 0 Å². The van der Waals surface area contributed by atoms with Crippen LogP contribution in [-0.2, 0) is 0 Å². The number of halogens is 2. The van der Waals surface area contributed by atoms with Crippen molar-refractivity contribution in [1.82, 2.24) is 0 Å². The second kappa shape index (κ2) is 5.04. The number of rotatable bonds is 4. The normalized spacial score (nSPS) is 17.3. The van der Waals surface area contributed by atoms with Crippen molar-refractivity contribution >= 4 is 11.6 Å². The van der Waals surface area contributed by atoms with Gasteiger partial charge in [0.2, 0.25) is 0 Å². The lowest BCUT2D eigenvalue weighted by atomic mass is 10.1. The lowest BCUT2D eigenvalue weighted by Gasteiger charge is -2.10. The van der Waals surface area contributed by atoms with Gasteiger partial charge in [-0.3, -0.25) is 0 Å². The topological polar surface area (TPSA) is 0 Å². The van der Waals surface area contributed by atoms with Gasteiger partial charge in [-0.15, -0.1) is 11.6 Å². The Morgan fingerprint density at radius 1 is 1.67 bits per heavy atom. The summed E-state index contributed by atoms with van der Waals surface area (Å²) in [6, 6.07) is 0. The summed E-state index contributed by atoms with van der Waals surface area (Å²) in [5.74, 6) is 0. The second-order valence-electron chi connectivity index (χ2n) is 2.11. The lowest BCUT2D eigenvalue weighted by Crippen LogP contribution is -2.14. The Morgan fingerprint density at radius 3 is 2.56 bits per heavy atom. The number of hydrogen-bond donors (Lipinski definition) is 0. The van der Waals surface area contributed by atoms with Gasteiger partial charge in [-0.25, -0.2) is 4.39 Å². The molecule has 0 aromatic rings. The van der Waals surface area contributed by atoms with E-state index >= 15 is 0 Å². The van der Waals surface area contributed by atoms with E-state index < -0.39 is 6.17 Å². The SMILES string of the molecule is [CH2]CC(Cl)C(F)CCC. The average molecular weight is 152 g/mol. The highest BCUT2D eigenvalue weighted by molar-refractivity contribution is 6.21. The molecule has 0 amide bonds. The molecule has 0 rings (SSSR count). The van der Waals surface area contributed by atoms with Gasteiger partial charge in [0.1, 0.15) is 6.17 Å². The number of alkyl halides is 2. The third-order valence-electron chi connectivity index (χ3n) is 1.23. The van der Waals surface area contributed by atoms with Crippen LogP contribution < -0.4 is 0 Å². The minimum Gasteiger partial charge on any atom is -0.246 e. The Balaban J connectivity index is 3.32. The summed E-state index contributed by atoms with van der Waals surface area (Å²) < 4.78 is 12.6. The first-order valence-corrected chi connectivity index (χ1v) is 3.73. The summed E-state index contributed by atoms with van der Waals surface area (Å²) in [7, 11) is 0. The Kier molecular flexibility index (Phi) is 5.16. The van der Waals surface area contributed by atoms with Crippen molar-refractivity contribution in [2.75, 3.05) is 0 Å². The molecule has 1 radical (unpaired) electrons. The van der Waals surface area contributed by atoms with E-state index in [0.717, 1.165) is 6.42 Å². The van der Waals surface area contributed by atoms with Crippen LogP contribution in [0.4, 0.5) is 4.39 Å². The zero-order valence-corrected chi connectivity index (χ0v) is 6.49. The molecule has 0 bridgehead atoms. The third-order valence-corrected chi connectivity index (χ3v) is 1.72. The molecule has 0 heterocycles. The summed E-state index contributed by atoms with van der Waals surface area (Å²) >= 11 is 5.56. The van der Waals surface area contributed by atoms with Gasteiger partial charge in [-0.1, -0.05) is 20.3 Å². The Bertz CT molecular complexity index is 65.9. The maximum absolute atomic E-state index is 12.6. The van der Waals surface area contributed by atoms with E-state index in [1.165, 1.54) is 0 Å². The van der Waals surface area contributed by atoms with Crippen LogP contribution in [0.3, 0.4) is 0 Å². The van der Waals surface area contributed by atoms with Crippen molar-refractivity contribution in [2.24, 2.45) is 0 Å². The van der Waals surface area contributed by atoms with Crippen molar-refractivity contribution in [3.63, 3.8) is 0 Å². The zero-order valence-electron chi connectivity index (χ0n) is 5.74. The first kappa shape index (κ1) is 9.22. The minimum absolute atomic E-state index is 0.384. The predicted octanol–water partition coefficient (Wildman–Crippen LogP) is 2.96. The number of hydrogen-bond acceptors (Lipinski definition) is 0. The summed E-state index contributed by atoms with van der Waals surface area (Å²) in [6.45, 7) is 5.46. The average Bonchev–Trinajstić information content (AvgIpc) is 1.87. The Hall–Kier alpha value is 0.220.